The predicted molar refractivity (Wildman–Crippen MR) is 154 cm³/mol. The van der Waals surface area contributed by atoms with E-state index in [0.717, 1.165) is 12.1 Å². The van der Waals surface area contributed by atoms with Crippen LogP contribution in [0.1, 0.15) is 35.3 Å². The third-order valence-electron chi connectivity index (χ3n) is 7.20. The van der Waals surface area contributed by atoms with Gasteiger partial charge in [-0.1, -0.05) is 43.3 Å². The fourth-order valence-electron chi connectivity index (χ4n) is 4.85. The lowest BCUT2D eigenvalue weighted by Crippen LogP contribution is -2.49. The summed E-state index contributed by atoms with van der Waals surface area (Å²) >= 11 is 0. The number of urea groups is 1. The highest BCUT2D eigenvalue weighted by atomic mass is 19.4. The number of hydrogen-bond acceptors (Lipinski definition) is 5. The van der Waals surface area contributed by atoms with Crippen molar-refractivity contribution in [2.75, 3.05) is 37.4 Å². The number of ether oxygens (including phenoxy) is 1. The largest absolute Gasteiger partial charge is 0.486 e. The number of anilines is 2. The van der Waals surface area contributed by atoms with Crippen LogP contribution in [0, 0.1) is 5.92 Å². The van der Waals surface area contributed by atoms with Gasteiger partial charge in [0.25, 0.3) is 5.91 Å². The van der Waals surface area contributed by atoms with E-state index in [2.05, 4.69) is 10.6 Å². The molecule has 4 rings (SSSR count). The molecule has 224 valence electrons. The van der Waals surface area contributed by atoms with Crippen molar-refractivity contribution in [3.8, 4) is 5.75 Å². The Bertz CT molecular complexity index is 1370. The molecule has 42 heavy (non-hydrogen) atoms. The zero-order valence-electron chi connectivity index (χ0n) is 23.7. The maximum Gasteiger partial charge on any atom is 0.416 e. The van der Waals surface area contributed by atoms with Gasteiger partial charge in [0.2, 0.25) is 0 Å². The number of halogens is 3. The van der Waals surface area contributed by atoms with Gasteiger partial charge < -0.3 is 25.4 Å². The van der Waals surface area contributed by atoms with Gasteiger partial charge in [0.05, 0.1) is 29.5 Å². The quantitative estimate of drug-likeness (QED) is 0.316. The number of rotatable bonds is 8. The number of amides is 3. The van der Waals surface area contributed by atoms with Crippen molar-refractivity contribution in [2.45, 2.75) is 38.7 Å². The molecule has 0 saturated heterocycles. The number of alkyl halides is 3. The number of hydrogen-bond donors (Lipinski definition) is 3. The number of para-hydroxylation sites is 2. The number of aliphatic hydroxyl groups is 1. The summed E-state index contributed by atoms with van der Waals surface area (Å²) in [7, 11) is 1.84. The maximum absolute atomic E-state index is 13.6. The van der Waals surface area contributed by atoms with E-state index < -0.39 is 29.9 Å². The Morgan fingerprint density at radius 3 is 2.40 bits per heavy atom. The van der Waals surface area contributed by atoms with E-state index in [1.807, 2.05) is 24.9 Å². The molecule has 0 unspecified atom stereocenters. The lowest BCUT2D eigenvalue weighted by molar-refractivity contribution is -0.137. The number of fused-ring (bicyclic) bond motifs is 1. The first-order chi connectivity index (χ1) is 20.0. The van der Waals surface area contributed by atoms with Gasteiger partial charge in [-0.2, -0.15) is 13.2 Å². The van der Waals surface area contributed by atoms with Crippen LogP contribution in [-0.4, -0.2) is 65.7 Å². The fourth-order valence-corrected chi connectivity index (χ4v) is 4.85. The Hall–Kier alpha value is -4.09. The Balaban J connectivity index is 1.60. The van der Waals surface area contributed by atoms with Crippen molar-refractivity contribution < 1.29 is 32.6 Å². The Morgan fingerprint density at radius 1 is 1.07 bits per heavy atom. The normalized spacial score (nSPS) is 18.0. The van der Waals surface area contributed by atoms with Crippen LogP contribution in [0.4, 0.5) is 29.3 Å². The molecular weight excluding hydrogens is 549 g/mol. The number of carbonyl (C=O) groups excluding carboxylic acids is 2. The summed E-state index contributed by atoms with van der Waals surface area (Å²) < 4.78 is 45.5. The van der Waals surface area contributed by atoms with Gasteiger partial charge >= 0.3 is 12.2 Å². The number of benzene rings is 3. The molecule has 0 aliphatic carbocycles. The molecule has 0 fully saturated rings. The summed E-state index contributed by atoms with van der Waals surface area (Å²) in [5.74, 6) is -0.320. The molecule has 0 spiro atoms. The highest BCUT2D eigenvalue weighted by Gasteiger charge is 2.35. The molecule has 0 bridgehead atoms. The molecule has 3 aromatic rings. The molecule has 3 N–H and O–H groups in total. The fraction of sp³-hybridized carbons (Fsp3) is 0.355. The third-order valence-corrected chi connectivity index (χ3v) is 7.20. The highest BCUT2D eigenvalue weighted by Crippen LogP contribution is 2.35. The number of nitrogens with zero attached hydrogens (tertiary/aromatic N) is 2. The van der Waals surface area contributed by atoms with E-state index in [9.17, 15) is 27.9 Å². The first-order valence-corrected chi connectivity index (χ1v) is 13.7. The monoisotopic (exact) mass is 584 g/mol. The van der Waals surface area contributed by atoms with E-state index in [-0.39, 0.29) is 29.7 Å². The van der Waals surface area contributed by atoms with Crippen LogP contribution in [0.25, 0.3) is 0 Å². The number of nitrogens with one attached hydrogen (secondary N) is 2. The second-order valence-corrected chi connectivity index (χ2v) is 10.6. The Morgan fingerprint density at radius 2 is 1.76 bits per heavy atom. The summed E-state index contributed by atoms with van der Waals surface area (Å²) in [4.78, 5) is 30.0. The van der Waals surface area contributed by atoms with E-state index in [1.165, 1.54) is 12.1 Å². The van der Waals surface area contributed by atoms with Gasteiger partial charge in [0.1, 0.15) is 6.10 Å². The second kappa shape index (κ2) is 13.3. The summed E-state index contributed by atoms with van der Waals surface area (Å²) in [5.41, 5.74) is 1.13. The van der Waals surface area contributed by atoms with Crippen LogP contribution in [-0.2, 0) is 12.7 Å². The summed E-state index contributed by atoms with van der Waals surface area (Å²) in [6.07, 6.45) is -4.87. The maximum atomic E-state index is 13.6. The van der Waals surface area contributed by atoms with Crippen molar-refractivity contribution in [1.29, 1.82) is 0 Å². The van der Waals surface area contributed by atoms with Crippen LogP contribution in [0.5, 0.6) is 5.75 Å². The van der Waals surface area contributed by atoms with E-state index in [4.69, 9.17) is 4.74 Å². The minimum atomic E-state index is -4.40. The molecule has 1 heterocycles. The van der Waals surface area contributed by atoms with Crippen molar-refractivity contribution in [2.24, 2.45) is 5.92 Å². The zero-order valence-corrected chi connectivity index (χ0v) is 23.7. The molecule has 0 radical (unpaired) electrons. The first kappa shape index (κ1) is 30.9. The lowest BCUT2D eigenvalue weighted by Gasteiger charge is -2.38. The average Bonchev–Trinajstić information content (AvgIpc) is 2.95. The molecule has 1 aliphatic heterocycles. The minimum Gasteiger partial charge on any atom is -0.486 e. The van der Waals surface area contributed by atoms with Crippen LogP contribution in [0.2, 0.25) is 0 Å². The highest BCUT2D eigenvalue weighted by molar-refractivity contribution is 6.04. The number of likely N-dealkylation sites (N-methyl/N-ethyl adjacent to an activating group) is 1. The molecule has 0 aromatic heterocycles. The molecule has 11 heteroatoms. The van der Waals surface area contributed by atoms with E-state index in [0.29, 0.717) is 36.6 Å². The number of aliphatic hydroxyl groups excluding tert-OH is 1. The molecule has 3 amide bonds. The second-order valence-electron chi connectivity index (χ2n) is 10.6. The summed E-state index contributed by atoms with van der Waals surface area (Å²) in [6.45, 7) is 4.52. The molecule has 0 saturated carbocycles. The summed E-state index contributed by atoms with van der Waals surface area (Å²) in [5, 5.41) is 15.4. The molecular formula is C31H35F3N4O4. The first-order valence-electron chi connectivity index (χ1n) is 13.7. The van der Waals surface area contributed by atoms with Crippen LogP contribution in [0.15, 0.2) is 72.8 Å². The van der Waals surface area contributed by atoms with Crippen molar-refractivity contribution in [3.63, 3.8) is 0 Å². The van der Waals surface area contributed by atoms with Gasteiger partial charge in [-0.3, -0.25) is 9.69 Å². The Labute approximate surface area is 243 Å². The van der Waals surface area contributed by atoms with E-state index in [1.54, 1.807) is 54.3 Å². The van der Waals surface area contributed by atoms with Crippen molar-refractivity contribution >= 4 is 23.3 Å². The molecule has 3 aromatic carbocycles. The van der Waals surface area contributed by atoms with Gasteiger partial charge in [-0.05, 0) is 55.9 Å². The van der Waals surface area contributed by atoms with Crippen LogP contribution < -0.4 is 15.4 Å². The molecule has 3 atom stereocenters. The smallest absolute Gasteiger partial charge is 0.416 e. The third kappa shape index (κ3) is 7.59. The summed E-state index contributed by atoms with van der Waals surface area (Å²) in [6, 6.07) is 17.9. The van der Waals surface area contributed by atoms with Gasteiger partial charge in [0.15, 0.2) is 5.75 Å². The van der Waals surface area contributed by atoms with Crippen LogP contribution >= 0.6 is 0 Å². The average molecular weight is 585 g/mol. The van der Waals surface area contributed by atoms with Crippen molar-refractivity contribution in [1.82, 2.24) is 9.80 Å². The van der Waals surface area contributed by atoms with Gasteiger partial charge in [-0.25, -0.2) is 4.79 Å². The van der Waals surface area contributed by atoms with E-state index >= 15 is 0 Å². The lowest BCUT2D eigenvalue weighted by atomic mass is 9.98. The molecule has 1 aliphatic rings. The minimum absolute atomic E-state index is 0.197. The van der Waals surface area contributed by atoms with Crippen molar-refractivity contribution in [3.05, 3.63) is 89.5 Å². The SMILES string of the molecule is C[C@H](CO)N1C[C@H](C)[C@H](CN(C)Cc2ccc(C(F)(F)F)cc2)Oc2c(NC(=O)Nc3ccccc3)cccc2C1=O. The predicted octanol–water partition coefficient (Wildman–Crippen LogP) is 5.70. The standard InChI is InChI=1S/C31H35F3N4O4/c1-20-16-38(21(2)19-39)29(40)25-10-7-11-26(36-30(41)35-24-8-5-4-6-9-24)28(25)42-27(20)18-37(3)17-22-12-14-23(15-13-22)31(32,33)34/h4-15,20-21,27,39H,16-19H2,1-3H3,(H2,35,36,41)/t20-,21+,27-/m0/s1. The number of carbonyl (C=O) groups is 2. The zero-order chi connectivity index (χ0) is 30.4. The van der Waals surface area contributed by atoms with Gasteiger partial charge in [-0.15, -0.1) is 0 Å². The Kier molecular flexibility index (Phi) is 9.74. The van der Waals surface area contributed by atoms with Gasteiger partial charge in [0, 0.05) is 31.2 Å². The molecule has 8 nitrogen and oxygen atoms in total. The van der Waals surface area contributed by atoms with Crippen LogP contribution in [0.3, 0.4) is 0 Å². The topological polar surface area (TPSA) is 94.1 Å².